The number of pyridine rings is 1. The third-order valence-electron chi connectivity index (χ3n) is 6.71. The van der Waals surface area contributed by atoms with Crippen LogP contribution in [0.1, 0.15) is 40.4 Å². The van der Waals surface area contributed by atoms with Gasteiger partial charge in [0.25, 0.3) is 11.8 Å². The van der Waals surface area contributed by atoms with Crippen molar-refractivity contribution in [1.29, 1.82) is 0 Å². The average Bonchev–Trinajstić information content (AvgIpc) is 3.37. The molecule has 1 saturated heterocycles. The Kier molecular flexibility index (Phi) is 6.25. The standard InChI is InChI=1S/C26H29N5O4/c1-18-5-3-8-21(29-18)24(33)30-12-9-26(10-13-30)25-27-11-14-31(25)17-22(35-26)23(32)28-16-19-6-4-7-20(15-19)34-2/h3-8,11,14-15,22H,9-10,12-13,16-17H2,1-2H3,(H,28,32)/t22-/m1/s1. The van der Waals surface area contributed by atoms with E-state index in [1.54, 1.807) is 24.3 Å². The van der Waals surface area contributed by atoms with Crippen LogP contribution in [0.3, 0.4) is 0 Å². The van der Waals surface area contributed by atoms with Crippen molar-refractivity contribution in [1.82, 2.24) is 24.8 Å². The maximum Gasteiger partial charge on any atom is 0.272 e. The van der Waals surface area contributed by atoms with Crippen LogP contribution in [0.15, 0.2) is 54.9 Å². The van der Waals surface area contributed by atoms with E-state index in [4.69, 9.17) is 9.47 Å². The van der Waals surface area contributed by atoms with Gasteiger partial charge in [0.2, 0.25) is 0 Å². The number of amides is 2. The molecule has 1 atom stereocenters. The second-order valence-electron chi connectivity index (χ2n) is 9.03. The first-order valence-electron chi connectivity index (χ1n) is 11.8. The lowest BCUT2D eigenvalue weighted by atomic mass is 9.88. The first-order valence-corrected chi connectivity index (χ1v) is 11.8. The summed E-state index contributed by atoms with van der Waals surface area (Å²) in [7, 11) is 1.62. The van der Waals surface area contributed by atoms with Crippen molar-refractivity contribution in [3.8, 4) is 5.75 Å². The molecule has 1 fully saturated rings. The molecule has 2 amide bonds. The summed E-state index contributed by atoms with van der Waals surface area (Å²) < 4.78 is 13.7. The van der Waals surface area contributed by atoms with E-state index in [-0.39, 0.29) is 11.8 Å². The smallest absolute Gasteiger partial charge is 0.272 e. The minimum absolute atomic E-state index is 0.0877. The van der Waals surface area contributed by atoms with Crippen LogP contribution < -0.4 is 10.1 Å². The summed E-state index contributed by atoms with van der Waals surface area (Å²) in [6, 6.07) is 13.1. The van der Waals surface area contributed by atoms with Gasteiger partial charge in [0.1, 0.15) is 22.9 Å². The van der Waals surface area contributed by atoms with Gasteiger partial charge in [0.15, 0.2) is 6.10 Å². The predicted octanol–water partition coefficient (Wildman–Crippen LogP) is 2.44. The number of nitrogens with zero attached hydrogens (tertiary/aromatic N) is 4. The number of rotatable bonds is 5. The summed E-state index contributed by atoms with van der Waals surface area (Å²) in [5.41, 5.74) is 1.49. The number of piperidine rings is 1. The van der Waals surface area contributed by atoms with E-state index in [0.717, 1.165) is 22.8 Å². The Hall–Kier alpha value is -3.72. The highest BCUT2D eigenvalue weighted by molar-refractivity contribution is 5.92. The van der Waals surface area contributed by atoms with Gasteiger partial charge in [-0.25, -0.2) is 9.97 Å². The normalized spacial score (nSPS) is 18.7. The zero-order valence-electron chi connectivity index (χ0n) is 19.9. The molecule has 5 rings (SSSR count). The molecule has 182 valence electrons. The van der Waals surface area contributed by atoms with E-state index in [2.05, 4.69) is 15.3 Å². The van der Waals surface area contributed by atoms with E-state index in [1.807, 2.05) is 54.1 Å². The number of imidazole rings is 1. The molecule has 1 spiro atoms. The molecule has 1 N–H and O–H groups in total. The van der Waals surface area contributed by atoms with Crippen molar-refractivity contribution >= 4 is 11.8 Å². The van der Waals surface area contributed by atoms with Crippen LogP contribution in [-0.2, 0) is 28.2 Å². The molecule has 1 aromatic carbocycles. The molecule has 3 aromatic rings. The fourth-order valence-electron chi connectivity index (χ4n) is 4.86. The third-order valence-corrected chi connectivity index (χ3v) is 6.71. The molecule has 9 nitrogen and oxygen atoms in total. The molecular formula is C26H29N5O4. The molecule has 2 aromatic heterocycles. The molecule has 0 radical (unpaired) electrons. The Morgan fingerprint density at radius 1 is 1.20 bits per heavy atom. The van der Waals surface area contributed by atoms with Gasteiger partial charge in [-0.2, -0.15) is 0 Å². The molecule has 0 saturated carbocycles. The van der Waals surface area contributed by atoms with Crippen LogP contribution in [0, 0.1) is 6.92 Å². The second kappa shape index (κ2) is 9.50. The fourth-order valence-corrected chi connectivity index (χ4v) is 4.86. The number of carbonyl (C=O) groups is 2. The SMILES string of the molecule is COc1cccc(CNC(=O)[C@H]2Cn3ccnc3C3(CCN(C(=O)c4cccc(C)n4)CC3)O2)c1. The second-order valence-corrected chi connectivity index (χ2v) is 9.03. The number of hydrogen-bond acceptors (Lipinski definition) is 6. The van der Waals surface area contributed by atoms with Crippen molar-refractivity contribution in [3.63, 3.8) is 0 Å². The highest BCUT2D eigenvalue weighted by atomic mass is 16.5. The van der Waals surface area contributed by atoms with Crippen molar-refractivity contribution in [2.24, 2.45) is 0 Å². The molecule has 2 aliphatic rings. The minimum Gasteiger partial charge on any atom is -0.497 e. The number of methoxy groups -OCH3 is 1. The zero-order chi connectivity index (χ0) is 24.4. The van der Waals surface area contributed by atoms with Crippen molar-refractivity contribution in [3.05, 3.63) is 77.6 Å². The van der Waals surface area contributed by atoms with Crippen LogP contribution in [0.2, 0.25) is 0 Å². The maximum atomic E-state index is 13.1. The highest BCUT2D eigenvalue weighted by Crippen LogP contribution is 2.40. The summed E-state index contributed by atoms with van der Waals surface area (Å²) in [4.78, 5) is 36.8. The Labute approximate surface area is 204 Å². The van der Waals surface area contributed by atoms with Crippen molar-refractivity contribution < 1.29 is 19.1 Å². The largest absolute Gasteiger partial charge is 0.497 e. The average molecular weight is 476 g/mol. The summed E-state index contributed by atoms with van der Waals surface area (Å²) in [6.45, 7) is 3.65. The van der Waals surface area contributed by atoms with Crippen LogP contribution in [0.4, 0.5) is 0 Å². The molecule has 9 heteroatoms. The number of fused-ring (bicyclic) bond motifs is 2. The number of carbonyl (C=O) groups excluding carboxylic acids is 2. The number of nitrogens with one attached hydrogen (secondary N) is 1. The number of hydrogen-bond donors (Lipinski definition) is 1. The molecular weight excluding hydrogens is 446 g/mol. The summed E-state index contributed by atoms with van der Waals surface area (Å²) in [5.74, 6) is 1.30. The third kappa shape index (κ3) is 4.64. The van der Waals surface area contributed by atoms with Crippen LogP contribution >= 0.6 is 0 Å². The Morgan fingerprint density at radius 2 is 2.00 bits per heavy atom. The van der Waals surface area contributed by atoms with Gasteiger partial charge in [0, 0.05) is 50.6 Å². The molecule has 35 heavy (non-hydrogen) atoms. The minimum atomic E-state index is -0.712. The first kappa shape index (κ1) is 23.0. The first-order chi connectivity index (χ1) is 17.0. The molecule has 0 unspecified atom stereocenters. The molecule has 4 heterocycles. The number of aromatic nitrogens is 3. The monoisotopic (exact) mass is 475 g/mol. The number of likely N-dealkylation sites (tertiary alicyclic amines) is 1. The highest BCUT2D eigenvalue weighted by Gasteiger charge is 2.47. The number of aryl methyl sites for hydroxylation is 1. The maximum absolute atomic E-state index is 13.1. The summed E-state index contributed by atoms with van der Waals surface area (Å²) >= 11 is 0. The van der Waals surface area contributed by atoms with E-state index >= 15 is 0 Å². The lowest BCUT2D eigenvalue weighted by Crippen LogP contribution is -2.54. The Bertz CT molecular complexity index is 1230. The molecule has 0 bridgehead atoms. The van der Waals surface area contributed by atoms with Crippen LogP contribution in [0.25, 0.3) is 0 Å². The summed E-state index contributed by atoms with van der Waals surface area (Å²) in [6.07, 6.45) is 4.09. The van der Waals surface area contributed by atoms with Crippen LogP contribution in [-0.4, -0.2) is 57.6 Å². The number of ether oxygens (including phenoxy) is 2. The zero-order valence-corrected chi connectivity index (χ0v) is 19.9. The predicted molar refractivity (Wildman–Crippen MR) is 128 cm³/mol. The van der Waals surface area contributed by atoms with Crippen LogP contribution in [0.5, 0.6) is 5.75 Å². The van der Waals surface area contributed by atoms with E-state index in [1.165, 1.54) is 0 Å². The topological polar surface area (TPSA) is 98.6 Å². The van der Waals surface area contributed by atoms with Gasteiger partial charge in [-0.05, 0) is 36.8 Å². The van der Waals surface area contributed by atoms with E-state index in [0.29, 0.717) is 44.7 Å². The van der Waals surface area contributed by atoms with E-state index in [9.17, 15) is 9.59 Å². The lowest BCUT2D eigenvalue weighted by Gasteiger charge is -2.45. The van der Waals surface area contributed by atoms with Gasteiger partial charge in [-0.3, -0.25) is 9.59 Å². The van der Waals surface area contributed by atoms with Crippen molar-refractivity contribution in [2.75, 3.05) is 20.2 Å². The Balaban J connectivity index is 1.27. The Morgan fingerprint density at radius 3 is 2.77 bits per heavy atom. The molecule has 0 aliphatic carbocycles. The fraction of sp³-hybridized carbons (Fsp3) is 0.385. The van der Waals surface area contributed by atoms with Gasteiger partial charge in [-0.1, -0.05) is 18.2 Å². The van der Waals surface area contributed by atoms with Crippen molar-refractivity contribution in [2.45, 2.75) is 44.6 Å². The van der Waals surface area contributed by atoms with Gasteiger partial charge < -0.3 is 24.3 Å². The lowest BCUT2D eigenvalue weighted by molar-refractivity contribution is -0.172. The van der Waals surface area contributed by atoms with E-state index < -0.39 is 11.7 Å². The summed E-state index contributed by atoms with van der Waals surface area (Å²) in [5, 5.41) is 2.99. The van der Waals surface area contributed by atoms with Gasteiger partial charge >= 0.3 is 0 Å². The van der Waals surface area contributed by atoms with Gasteiger partial charge in [0.05, 0.1) is 13.7 Å². The molecule has 2 aliphatic heterocycles. The number of benzene rings is 1. The quantitative estimate of drug-likeness (QED) is 0.609. The van der Waals surface area contributed by atoms with Gasteiger partial charge in [-0.15, -0.1) is 0 Å².